The molecule has 1 aromatic rings. The maximum Gasteiger partial charge on any atom is 0.0401 e. The van der Waals surface area contributed by atoms with Crippen LogP contribution in [0.1, 0.15) is 44.0 Å². The third-order valence-electron chi connectivity index (χ3n) is 2.28. The number of halogens is 1. The average molecular weight is 276 g/mol. The Morgan fingerprint density at radius 3 is 2.64 bits per heavy atom. The van der Waals surface area contributed by atoms with Crippen LogP contribution in [-0.2, 0) is 0 Å². The lowest BCUT2D eigenvalue weighted by Crippen LogP contribution is -2.09. The van der Waals surface area contributed by atoms with Crippen LogP contribution in [0.25, 0.3) is 0 Å². The zero-order valence-electron chi connectivity index (χ0n) is 8.79. The van der Waals surface area contributed by atoms with Crippen LogP contribution in [0.3, 0.4) is 0 Å². The van der Waals surface area contributed by atoms with Crippen molar-refractivity contribution in [3.63, 3.8) is 0 Å². The largest absolute Gasteiger partial charge is 0.323 e. The van der Waals surface area contributed by atoms with Crippen LogP contribution in [0.15, 0.2) is 15.9 Å². The zero-order valence-corrected chi connectivity index (χ0v) is 11.2. The summed E-state index contributed by atoms with van der Waals surface area (Å²) in [5.41, 5.74) is 6.11. The smallest absolute Gasteiger partial charge is 0.0401 e. The Labute approximate surface area is 98.8 Å². The number of nitrogens with two attached hydrogens (primary N) is 1. The van der Waals surface area contributed by atoms with E-state index in [4.69, 9.17) is 5.73 Å². The van der Waals surface area contributed by atoms with Gasteiger partial charge in [-0.15, -0.1) is 11.3 Å². The van der Waals surface area contributed by atoms with Gasteiger partial charge >= 0.3 is 0 Å². The van der Waals surface area contributed by atoms with Gasteiger partial charge in [-0.2, -0.15) is 0 Å². The molecular weight excluding hydrogens is 258 g/mol. The van der Waals surface area contributed by atoms with E-state index in [-0.39, 0.29) is 6.04 Å². The molecule has 0 fully saturated rings. The number of hydrogen-bond acceptors (Lipinski definition) is 2. The van der Waals surface area contributed by atoms with Crippen molar-refractivity contribution < 1.29 is 0 Å². The molecule has 0 aliphatic carbocycles. The van der Waals surface area contributed by atoms with Crippen molar-refractivity contribution in [2.75, 3.05) is 0 Å². The first kappa shape index (κ1) is 12.2. The molecule has 1 rings (SSSR count). The molecule has 0 saturated carbocycles. The predicted molar refractivity (Wildman–Crippen MR) is 67.6 cm³/mol. The maximum atomic E-state index is 6.11. The molecule has 0 amide bonds. The Morgan fingerprint density at radius 1 is 1.43 bits per heavy atom. The molecule has 0 aromatic carbocycles. The molecule has 0 radical (unpaired) electrons. The van der Waals surface area contributed by atoms with Gasteiger partial charge < -0.3 is 5.73 Å². The second-order valence-electron chi connectivity index (χ2n) is 4.06. The second-order valence-corrected chi connectivity index (χ2v) is 5.87. The molecule has 1 aromatic heterocycles. The standard InChI is InChI=1S/C11H18BrNS/c1-8(2)4-3-5-10(13)11-9(12)6-7-14-11/h6-8,10H,3-5,13H2,1-2H3. The highest BCUT2D eigenvalue weighted by atomic mass is 79.9. The van der Waals surface area contributed by atoms with Crippen molar-refractivity contribution in [1.29, 1.82) is 0 Å². The van der Waals surface area contributed by atoms with Crippen LogP contribution < -0.4 is 5.73 Å². The van der Waals surface area contributed by atoms with E-state index in [0.717, 1.165) is 12.3 Å². The molecule has 0 aliphatic rings. The molecule has 0 bridgehead atoms. The minimum Gasteiger partial charge on any atom is -0.323 e. The molecule has 2 N–H and O–H groups in total. The van der Waals surface area contributed by atoms with E-state index in [2.05, 4.69) is 41.2 Å². The summed E-state index contributed by atoms with van der Waals surface area (Å²) < 4.78 is 1.17. The van der Waals surface area contributed by atoms with Crippen LogP contribution in [0.5, 0.6) is 0 Å². The van der Waals surface area contributed by atoms with Gasteiger partial charge in [0.2, 0.25) is 0 Å². The SMILES string of the molecule is CC(C)CCCC(N)c1sccc1Br. The Balaban J connectivity index is 2.36. The summed E-state index contributed by atoms with van der Waals surface area (Å²) >= 11 is 5.26. The average Bonchev–Trinajstić information content (AvgIpc) is 2.50. The van der Waals surface area contributed by atoms with Gasteiger partial charge in [-0.05, 0) is 39.7 Å². The van der Waals surface area contributed by atoms with Gasteiger partial charge in [-0.3, -0.25) is 0 Å². The van der Waals surface area contributed by atoms with Crippen molar-refractivity contribution in [1.82, 2.24) is 0 Å². The van der Waals surface area contributed by atoms with Crippen molar-refractivity contribution in [2.45, 2.75) is 39.2 Å². The highest BCUT2D eigenvalue weighted by Gasteiger charge is 2.10. The number of thiophene rings is 1. The summed E-state index contributed by atoms with van der Waals surface area (Å²) in [6, 6.07) is 2.28. The molecule has 0 aliphatic heterocycles. The van der Waals surface area contributed by atoms with E-state index in [0.29, 0.717) is 0 Å². The normalized spacial score (nSPS) is 13.5. The minimum atomic E-state index is 0.211. The van der Waals surface area contributed by atoms with Gasteiger partial charge in [-0.1, -0.05) is 26.7 Å². The third kappa shape index (κ3) is 3.71. The fourth-order valence-corrected chi connectivity index (χ4v) is 3.15. The summed E-state index contributed by atoms with van der Waals surface area (Å²) in [5, 5.41) is 2.09. The van der Waals surface area contributed by atoms with E-state index >= 15 is 0 Å². The maximum absolute atomic E-state index is 6.11. The van der Waals surface area contributed by atoms with E-state index in [1.165, 1.54) is 22.2 Å². The van der Waals surface area contributed by atoms with Gasteiger partial charge in [0.15, 0.2) is 0 Å². The minimum absolute atomic E-state index is 0.211. The lowest BCUT2D eigenvalue weighted by molar-refractivity contribution is 0.507. The molecular formula is C11H18BrNS. The van der Waals surface area contributed by atoms with Crippen molar-refractivity contribution in [3.05, 3.63) is 20.8 Å². The van der Waals surface area contributed by atoms with Crippen LogP contribution >= 0.6 is 27.3 Å². The Morgan fingerprint density at radius 2 is 2.14 bits per heavy atom. The first-order chi connectivity index (χ1) is 6.61. The van der Waals surface area contributed by atoms with Crippen LogP contribution in [0, 0.1) is 5.92 Å². The van der Waals surface area contributed by atoms with E-state index < -0.39 is 0 Å². The fraction of sp³-hybridized carbons (Fsp3) is 0.636. The Kier molecular flexibility index (Phi) is 5.13. The fourth-order valence-electron chi connectivity index (χ4n) is 1.45. The van der Waals surface area contributed by atoms with Crippen LogP contribution in [-0.4, -0.2) is 0 Å². The van der Waals surface area contributed by atoms with E-state index in [1.807, 2.05) is 0 Å². The highest BCUT2D eigenvalue weighted by molar-refractivity contribution is 9.10. The van der Waals surface area contributed by atoms with Gasteiger partial charge in [0.25, 0.3) is 0 Å². The topological polar surface area (TPSA) is 26.0 Å². The van der Waals surface area contributed by atoms with Crippen LogP contribution in [0.4, 0.5) is 0 Å². The Bertz CT molecular complexity index is 270. The quantitative estimate of drug-likeness (QED) is 0.850. The first-order valence-corrected chi connectivity index (χ1v) is 6.77. The summed E-state index contributed by atoms with van der Waals surface area (Å²) in [6.07, 6.45) is 3.59. The van der Waals surface area contributed by atoms with E-state index in [1.54, 1.807) is 11.3 Å². The van der Waals surface area contributed by atoms with Gasteiger partial charge in [0, 0.05) is 15.4 Å². The lowest BCUT2D eigenvalue weighted by Gasteiger charge is -2.11. The summed E-state index contributed by atoms with van der Waals surface area (Å²) in [5.74, 6) is 0.786. The van der Waals surface area contributed by atoms with Crippen molar-refractivity contribution in [2.24, 2.45) is 11.7 Å². The van der Waals surface area contributed by atoms with Crippen molar-refractivity contribution >= 4 is 27.3 Å². The lowest BCUT2D eigenvalue weighted by atomic mass is 10.0. The van der Waals surface area contributed by atoms with Crippen molar-refractivity contribution in [3.8, 4) is 0 Å². The number of rotatable bonds is 5. The molecule has 14 heavy (non-hydrogen) atoms. The summed E-state index contributed by atoms with van der Waals surface area (Å²) in [6.45, 7) is 4.51. The number of hydrogen-bond donors (Lipinski definition) is 1. The molecule has 0 spiro atoms. The third-order valence-corrected chi connectivity index (χ3v) is 4.28. The monoisotopic (exact) mass is 275 g/mol. The highest BCUT2D eigenvalue weighted by Crippen LogP contribution is 2.30. The van der Waals surface area contributed by atoms with E-state index in [9.17, 15) is 0 Å². The van der Waals surface area contributed by atoms with Crippen LogP contribution in [0.2, 0.25) is 0 Å². The molecule has 0 saturated heterocycles. The van der Waals surface area contributed by atoms with Gasteiger partial charge in [0.1, 0.15) is 0 Å². The first-order valence-electron chi connectivity index (χ1n) is 5.09. The van der Waals surface area contributed by atoms with Gasteiger partial charge in [0.05, 0.1) is 0 Å². The zero-order chi connectivity index (χ0) is 10.6. The Hall–Kier alpha value is 0.140. The predicted octanol–water partition coefficient (Wildman–Crippen LogP) is 4.34. The summed E-state index contributed by atoms with van der Waals surface area (Å²) in [4.78, 5) is 1.29. The second kappa shape index (κ2) is 5.89. The molecule has 3 heteroatoms. The molecule has 1 unspecified atom stereocenters. The molecule has 1 nitrogen and oxygen atoms in total. The molecule has 1 heterocycles. The molecule has 80 valence electrons. The molecule has 1 atom stereocenters. The van der Waals surface area contributed by atoms with Gasteiger partial charge in [-0.25, -0.2) is 0 Å². The summed E-state index contributed by atoms with van der Waals surface area (Å²) in [7, 11) is 0.